The van der Waals surface area contributed by atoms with Gasteiger partial charge in [0.05, 0.1) is 13.2 Å². The average Bonchev–Trinajstić information content (AvgIpc) is 2.60. The zero-order valence-corrected chi connectivity index (χ0v) is 13.4. The Balaban J connectivity index is 2.44. The molecule has 8 nitrogen and oxygen atoms in total. The number of fused-ring (bicyclic) bond motifs is 2. The topological polar surface area (TPSA) is 103 Å². The van der Waals surface area contributed by atoms with Gasteiger partial charge in [0.2, 0.25) is 11.5 Å². The minimum atomic E-state index is -0.363. The van der Waals surface area contributed by atoms with E-state index in [0.717, 1.165) is 0 Å². The normalized spacial score (nSPS) is 11.1. The molecule has 3 heterocycles. The molecule has 3 aromatic heterocycles. The van der Waals surface area contributed by atoms with Crippen LogP contribution in [-0.4, -0.2) is 36.1 Å². The van der Waals surface area contributed by atoms with E-state index in [0.29, 0.717) is 29.8 Å². The lowest BCUT2D eigenvalue weighted by Crippen LogP contribution is -2.44. The van der Waals surface area contributed by atoms with Gasteiger partial charge in [-0.3, -0.25) is 14.0 Å². The number of aromatic nitrogens is 3. The number of amides is 1. The Labute approximate surface area is 137 Å². The third-order valence-corrected chi connectivity index (χ3v) is 3.85. The standard InChI is InChI=1S/C16H17N5O3/c1-18-15(22)10-9-11-14(21(13(10)17)7-8-24-2)19-12-5-3-4-6-20(12)16(11)23/h3-6,9,17H,7-8H2,1-2H3,(H,18,22)/p+1. The first kappa shape index (κ1) is 15.9. The number of pyridine rings is 2. The quantitative estimate of drug-likeness (QED) is 0.507. The fraction of sp³-hybridized carbons (Fsp3) is 0.250. The van der Waals surface area contributed by atoms with Crippen molar-refractivity contribution < 1.29 is 14.1 Å². The number of nitrogens with two attached hydrogens (primary N) is 1. The zero-order chi connectivity index (χ0) is 17.3. The van der Waals surface area contributed by atoms with Crippen LogP contribution in [0.25, 0.3) is 16.7 Å². The third kappa shape index (κ3) is 2.46. The molecular formula is C16H18N5O3+. The predicted octanol–water partition coefficient (Wildman–Crippen LogP) is -0.277. The number of nitrogens with zero attached hydrogens (tertiary/aromatic N) is 3. The SMILES string of the molecule is CNC(=O)c1cc2c(=O)n3ccccc3nc2[n+](CCOC)c1N. The van der Waals surface area contributed by atoms with Gasteiger partial charge in [-0.25, -0.2) is 4.57 Å². The van der Waals surface area contributed by atoms with Crippen molar-refractivity contribution in [3.63, 3.8) is 0 Å². The number of carbonyl (C=O) groups is 1. The van der Waals surface area contributed by atoms with Crippen LogP contribution in [0.15, 0.2) is 35.3 Å². The Morgan fingerprint density at radius 3 is 2.96 bits per heavy atom. The lowest BCUT2D eigenvalue weighted by molar-refractivity contribution is -0.660. The van der Waals surface area contributed by atoms with E-state index in [1.807, 2.05) is 0 Å². The molecule has 24 heavy (non-hydrogen) atoms. The van der Waals surface area contributed by atoms with E-state index in [2.05, 4.69) is 10.3 Å². The molecule has 0 aromatic carbocycles. The second-order valence-corrected chi connectivity index (χ2v) is 5.25. The predicted molar refractivity (Wildman–Crippen MR) is 88.8 cm³/mol. The molecule has 0 saturated carbocycles. The molecule has 0 aliphatic carbocycles. The average molecular weight is 328 g/mol. The second-order valence-electron chi connectivity index (χ2n) is 5.25. The molecular weight excluding hydrogens is 310 g/mol. The van der Waals surface area contributed by atoms with Gasteiger partial charge < -0.3 is 15.8 Å². The number of carbonyl (C=O) groups excluding carboxylic acids is 1. The highest BCUT2D eigenvalue weighted by atomic mass is 16.5. The van der Waals surface area contributed by atoms with Crippen LogP contribution in [0, 0.1) is 0 Å². The van der Waals surface area contributed by atoms with Crippen LogP contribution in [0.2, 0.25) is 0 Å². The summed E-state index contributed by atoms with van der Waals surface area (Å²) in [5, 5.41) is 2.86. The van der Waals surface area contributed by atoms with Gasteiger partial charge in [0.15, 0.2) is 0 Å². The van der Waals surface area contributed by atoms with Crippen molar-refractivity contribution in [1.29, 1.82) is 0 Å². The largest absolute Gasteiger partial charge is 0.381 e. The summed E-state index contributed by atoms with van der Waals surface area (Å²) >= 11 is 0. The molecule has 1 amide bonds. The van der Waals surface area contributed by atoms with Crippen molar-refractivity contribution >= 4 is 28.4 Å². The minimum absolute atomic E-state index is 0.232. The van der Waals surface area contributed by atoms with Crippen LogP contribution >= 0.6 is 0 Å². The lowest BCUT2D eigenvalue weighted by Gasteiger charge is -2.11. The molecule has 0 fully saturated rings. The molecule has 3 aromatic rings. The zero-order valence-electron chi connectivity index (χ0n) is 13.4. The molecule has 3 N–H and O–H groups in total. The number of ether oxygens (including phenoxy) is 1. The Morgan fingerprint density at radius 2 is 2.25 bits per heavy atom. The van der Waals surface area contributed by atoms with Crippen LogP contribution in [-0.2, 0) is 11.3 Å². The van der Waals surface area contributed by atoms with Crippen molar-refractivity contribution in [2.45, 2.75) is 6.54 Å². The van der Waals surface area contributed by atoms with Crippen LogP contribution in [0.5, 0.6) is 0 Å². The van der Waals surface area contributed by atoms with Crippen molar-refractivity contribution in [3.8, 4) is 0 Å². The summed E-state index contributed by atoms with van der Waals surface area (Å²) in [5.41, 5.74) is 7.07. The van der Waals surface area contributed by atoms with Gasteiger partial charge in [0.1, 0.15) is 10.9 Å². The van der Waals surface area contributed by atoms with E-state index in [4.69, 9.17) is 10.5 Å². The van der Waals surface area contributed by atoms with Crippen LogP contribution in [0.4, 0.5) is 5.82 Å². The maximum absolute atomic E-state index is 12.8. The molecule has 0 bridgehead atoms. The fourth-order valence-electron chi connectivity index (χ4n) is 2.63. The Kier molecular flexibility index (Phi) is 4.13. The number of anilines is 1. The molecule has 124 valence electrons. The highest BCUT2D eigenvalue weighted by molar-refractivity contribution is 6.00. The van der Waals surface area contributed by atoms with Gasteiger partial charge in [-0.05, 0) is 18.2 Å². The Hall–Kier alpha value is -3.00. The molecule has 0 radical (unpaired) electrons. The van der Waals surface area contributed by atoms with E-state index < -0.39 is 0 Å². The molecule has 0 spiro atoms. The van der Waals surface area contributed by atoms with Gasteiger partial charge in [-0.15, -0.1) is 0 Å². The van der Waals surface area contributed by atoms with E-state index in [1.165, 1.54) is 17.5 Å². The first-order chi connectivity index (χ1) is 11.6. The minimum Gasteiger partial charge on any atom is -0.381 e. The Bertz CT molecular complexity index is 996. The Morgan fingerprint density at radius 1 is 1.46 bits per heavy atom. The summed E-state index contributed by atoms with van der Waals surface area (Å²) in [4.78, 5) is 29.4. The molecule has 0 unspecified atom stereocenters. The number of rotatable bonds is 4. The molecule has 0 atom stereocenters. The molecule has 0 aliphatic heterocycles. The number of methoxy groups -OCH3 is 1. The van der Waals surface area contributed by atoms with Crippen molar-refractivity contribution in [2.75, 3.05) is 26.5 Å². The summed E-state index contributed by atoms with van der Waals surface area (Å²) in [6.45, 7) is 0.746. The van der Waals surface area contributed by atoms with Crippen molar-refractivity contribution in [2.24, 2.45) is 0 Å². The highest BCUT2D eigenvalue weighted by Gasteiger charge is 2.23. The summed E-state index contributed by atoms with van der Waals surface area (Å²) in [6, 6.07) is 6.78. The lowest BCUT2D eigenvalue weighted by atomic mass is 10.2. The summed E-state index contributed by atoms with van der Waals surface area (Å²) in [5.74, 6) is -0.121. The van der Waals surface area contributed by atoms with Crippen molar-refractivity contribution in [1.82, 2.24) is 14.7 Å². The van der Waals surface area contributed by atoms with E-state index in [-0.39, 0.29) is 22.8 Å². The number of hydrogen-bond acceptors (Lipinski definition) is 5. The smallest absolute Gasteiger partial charge is 0.278 e. The second kappa shape index (κ2) is 6.25. The van der Waals surface area contributed by atoms with Crippen LogP contribution in [0.3, 0.4) is 0 Å². The first-order valence-electron chi connectivity index (χ1n) is 7.43. The highest BCUT2D eigenvalue weighted by Crippen LogP contribution is 2.14. The summed E-state index contributed by atoms with van der Waals surface area (Å²) in [6.07, 6.45) is 1.64. The fourth-order valence-corrected chi connectivity index (χ4v) is 2.63. The number of nitrogens with one attached hydrogen (secondary N) is 1. The van der Waals surface area contributed by atoms with Gasteiger partial charge in [-0.2, -0.15) is 0 Å². The third-order valence-electron chi connectivity index (χ3n) is 3.85. The van der Waals surface area contributed by atoms with E-state index in [1.54, 1.807) is 36.1 Å². The van der Waals surface area contributed by atoms with Gasteiger partial charge >= 0.3 is 0 Å². The molecule has 8 heteroatoms. The molecule has 3 rings (SSSR count). The monoisotopic (exact) mass is 328 g/mol. The van der Waals surface area contributed by atoms with Crippen LogP contribution < -0.4 is 21.2 Å². The van der Waals surface area contributed by atoms with Gasteiger partial charge in [0.25, 0.3) is 17.1 Å². The number of hydrogen-bond donors (Lipinski definition) is 2. The maximum Gasteiger partial charge on any atom is 0.278 e. The molecule has 0 aliphatic rings. The van der Waals surface area contributed by atoms with Gasteiger partial charge in [-0.1, -0.05) is 11.1 Å². The number of nitrogen functional groups attached to an aromatic ring is 1. The maximum atomic E-state index is 12.8. The first-order valence-corrected chi connectivity index (χ1v) is 7.43. The van der Waals surface area contributed by atoms with Crippen molar-refractivity contribution in [3.05, 3.63) is 46.4 Å². The summed E-state index contributed by atoms with van der Waals surface area (Å²) < 4.78 is 8.18. The van der Waals surface area contributed by atoms with Gasteiger partial charge in [0, 0.05) is 20.4 Å². The summed E-state index contributed by atoms with van der Waals surface area (Å²) in [7, 11) is 3.08. The van der Waals surface area contributed by atoms with E-state index in [9.17, 15) is 9.59 Å². The van der Waals surface area contributed by atoms with Crippen LogP contribution in [0.1, 0.15) is 10.4 Å². The van der Waals surface area contributed by atoms with E-state index >= 15 is 0 Å². The molecule has 0 saturated heterocycles.